The van der Waals surface area contributed by atoms with Gasteiger partial charge in [0.15, 0.2) is 0 Å². The molecule has 1 aromatic carbocycles. The van der Waals surface area contributed by atoms with E-state index in [9.17, 15) is 0 Å². The third-order valence-corrected chi connectivity index (χ3v) is 3.92. The standard InChI is InChI=1S/C15H25NO2/c1-11-12(2)14(18-6)8-7-13(11)16(5)15(3,4)9-10-17/h7-8,17H,9-10H2,1-6H3. The summed E-state index contributed by atoms with van der Waals surface area (Å²) in [5.74, 6) is 0.921. The van der Waals surface area contributed by atoms with Crippen LogP contribution < -0.4 is 9.64 Å². The van der Waals surface area contributed by atoms with Gasteiger partial charge in [-0.15, -0.1) is 0 Å². The Hall–Kier alpha value is -1.22. The van der Waals surface area contributed by atoms with E-state index >= 15 is 0 Å². The van der Waals surface area contributed by atoms with Crippen molar-refractivity contribution >= 4 is 5.69 Å². The molecule has 0 radical (unpaired) electrons. The van der Waals surface area contributed by atoms with E-state index in [2.05, 4.69) is 45.7 Å². The van der Waals surface area contributed by atoms with Gasteiger partial charge in [-0.1, -0.05) is 0 Å². The van der Waals surface area contributed by atoms with Crippen molar-refractivity contribution in [1.82, 2.24) is 0 Å². The van der Waals surface area contributed by atoms with Crippen molar-refractivity contribution in [2.75, 3.05) is 25.7 Å². The highest BCUT2D eigenvalue weighted by atomic mass is 16.5. The topological polar surface area (TPSA) is 32.7 Å². The maximum Gasteiger partial charge on any atom is 0.122 e. The van der Waals surface area contributed by atoms with E-state index in [0.29, 0.717) is 0 Å². The van der Waals surface area contributed by atoms with E-state index < -0.39 is 0 Å². The van der Waals surface area contributed by atoms with Gasteiger partial charge < -0.3 is 14.7 Å². The predicted octanol–water partition coefficient (Wildman–Crippen LogP) is 2.91. The molecule has 0 aliphatic heterocycles. The average molecular weight is 251 g/mol. The smallest absolute Gasteiger partial charge is 0.122 e. The number of rotatable bonds is 5. The molecule has 0 aliphatic rings. The van der Waals surface area contributed by atoms with Crippen LogP contribution in [0.1, 0.15) is 31.4 Å². The summed E-state index contributed by atoms with van der Waals surface area (Å²) in [5, 5.41) is 9.16. The van der Waals surface area contributed by atoms with Gasteiger partial charge in [-0.05, 0) is 57.4 Å². The Morgan fingerprint density at radius 2 is 1.83 bits per heavy atom. The molecule has 0 bridgehead atoms. The van der Waals surface area contributed by atoms with Gasteiger partial charge in [0.25, 0.3) is 0 Å². The predicted molar refractivity (Wildman–Crippen MR) is 76.7 cm³/mol. The monoisotopic (exact) mass is 251 g/mol. The Morgan fingerprint density at radius 1 is 1.22 bits per heavy atom. The number of hydrogen-bond donors (Lipinski definition) is 1. The summed E-state index contributed by atoms with van der Waals surface area (Å²) in [6.45, 7) is 8.67. The first-order chi connectivity index (χ1) is 8.35. The van der Waals surface area contributed by atoms with Crippen molar-refractivity contribution in [3.63, 3.8) is 0 Å². The highest BCUT2D eigenvalue weighted by molar-refractivity contribution is 5.60. The SMILES string of the molecule is COc1ccc(N(C)C(C)(C)CCO)c(C)c1C. The van der Waals surface area contributed by atoms with Gasteiger partial charge in [0.05, 0.1) is 7.11 Å². The van der Waals surface area contributed by atoms with Crippen LogP contribution in [0.5, 0.6) is 5.75 Å². The third kappa shape index (κ3) is 2.78. The number of aliphatic hydroxyl groups is 1. The molecule has 102 valence electrons. The fraction of sp³-hybridized carbons (Fsp3) is 0.600. The zero-order chi connectivity index (χ0) is 13.9. The molecule has 1 rings (SSSR count). The van der Waals surface area contributed by atoms with Gasteiger partial charge in [-0.25, -0.2) is 0 Å². The molecule has 1 aromatic rings. The van der Waals surface area contributed by atoms with Crippen molar-refractivity contribution in [3.8, 4) is 5.75 Å². The van der Waals surface area contributed by atoms with E-state index in [1.807, 2.05) is 6.07 Å². The number of hydrogen-bond acceptors (Lipinski definition) is 3. The van der Waals surface area contributed by atoms with Crippen LogP contribution in [-0.4, -0.2) is 31.4 Å². The molecule has 18 heavy (non-hydrogen) atoms. The number of anilines is 1. The second-order valence-corrected chi connectivity index (χ2v) is 5.38. The van der Waals surface area contributed by atoms with E-state index in [4.69, 9.17) is 9.84 Å². The number of benzene rings is 1. The zero-order valence-corrected chi connectivity index (χ0v) is 12.4. The molecule has 3 heteroatoms. The molecular weight excluding hydrogens is 226 g/mol. The normalized spacial score (nSPS) is 11.5. The van der Waals surface area contributed by atoms with E-state index in [1.165, 1.54) is 16.8 Å². The maximum atomic E-state index is 9.16. The lowest BCUT2D eigenvalue weighted by Gasteiger charge is -2.38. The van der Waals surface area contributed by atoms with E-state index in [0.717, 1.165) is 12.2 Å². The lowest BCUT2D eigenvalue weighted by molar-refractivity contribution is 0.250. The van der Waals surface area contributed by atoms with Gasteiger partial charge in [0.1, 0.15) is 5.75 Å². The zero-order valence-electron chi connectivity index (χ0n) is 12.4. The Balaban J connectivity index is 3.14. The fourth-order valence-electron chi connectivity index (χ4n) is 2.13. The molecule has 1 N–H and O–H groups in total. The largest absolute Gasteiger partial charge is 0.496 e. The van der Waals surface area contributed by atoms with Crippen molar-refractivity contribution in [1.29, 1.82) is 0 Å². The number of nitrogens with zero attached hydrogens (tertiary/aromatic N) is 1. The molecule has 3 nitrogen and oxygen atoms in total. The van der Waals surface area contributed by atoms with Crippen LogP contribution in [0.2, 0.25) is 0 Å². The minimum absolute atomic E-state index is 0.0689. The summed E-state index contributed by atoms with van der Waals surface area (Å²) < 4.78 is 5.34. The molecule has 0 unspecified atom stereocenters. The quantitative estimate of drug-likeness (QED) is 0.873. The van der Waals surface area contributed by atoms with E-state index in [1.54, 1.807) is 7.11 Å². The number of methoxy groups -OCH3 is 1. The lowest BCUT2D eigenvalue weighted by Crippen LogP contribution is -2.42. The van der Waals surface area contributed by atoms with Crippen molar-refractivity contribution < 1.29 is 9.84 Å². The average Bonchev–Trinajstić information content (AvgIpc) is 2.31. The van der Waals surface area contributed by atoms with Gasteiger partial charge >= 0.3 is 0 Å². The summed E-state index contributed by atoms with van der Waals surface area (Å²) in [5.41, 5.74) is 3.51. The Kier molecular flexibility index (Phi) is 4.63. The second kappa shape index (κ2) is 5.61. The minimum atomic E-state index is -0.0689. The first-order valence-corrected chi connectivity index (χ1v) is 6.34. The van der Waals surface area contributed by atoms with Crippen LogP contribution in [0.3, 0.4) is 0 Å². The Morgan fingerprint density at radius 3 is 2.33 bits per heavy atom. The molecular formula is C15H25NO2. The molecule has 0 amide bonds. The summed E-state index contributed by atoms with van der Waals surface area (Å²) in [6.07, 6.45) is 0.744. The Labute approximate surface area is 110 Å². The summed E-state index contributed by atoms with van der Waals surface area (Å²) in [4.78, 5) is 2.23. The first kappa shape index (κ1) is 14.8. The van der Waals surface area contributed by atoms with Crippen LogP contribution in [0.4, 0.5) is 5.69 Å². The number of ether oxygens (including phenoxy) is 1. The maximum absolute atomic E-state index is 9.16. The highest BCUT2D eigenvalue weighted by Crippen LogP contribution is 2.33. The first-order valence-electron chi connectivity index (χ1n) is 6.34. The second-order valence-electron chi connectivity index (χ2n) is 5.38. The van der Waals surface area contributed by atoms with Crippen LogP contribution in [0.15, 0.2) is 12.1 Å². The van der Waals surface area contributed by atoms with Crippen LogP contribution in [-0.2, 0) is 0 Å². The highest BCUT2D eigenvalue weighted by Gasteiger charge is 2.24. The molecule has 0 saturated heterocycles. The van der Waals surface area contributed by atoms with E-state index in [-0.39, 0.29) is 12.1 Å². The molecule has 0 aromatic heterocycles. The molecule has 0 fully saturated rings. The number of aliphatic hydroxyl groups excluding tert-OH is 1. The Bertz CT molecular complexity index is 413. The van der Waals surface area contributed by atoms with Crippen LogP contribution >= 0.6 is 0 Å². The van der Waals surface area contributed by atoms with Crippen LogP contribution in [0.25, 0.3) is 0 Å². The molecule has 0 heterocycles. The lowest BCUT2D eigenvalue weighted by atomic mass is 9.96. The van der Waals surface area contributed by atoms with Gasteiger partial charge in [0, 0.05) is 24.9 Å². The summed E-state index contributed by atoms with van der Waals surface area (Å²) in [6, 6.07) is 4.09. The van der Waals surface area contributed by atoms with Crippen molar-refractivity contribution in [2.45, 2.75) is 39.7 Å². The minimum Gasteiger partial charge on any atom is -0.496 e. The summed E-state index contributed by atoms with van der Waals surface area (Å²) >= 11 is 0. The van der Waals surface area contributed by atoms with Gasteiger partial charge in [-0.2, -0.15) is 0 Å². The molecule has 0 saturated carbocycles. The summed E-state index contributed by atoms with van der Waals surface area (Å²) in [7, 11) is 3.77. The van der Waals surface area contributed by atoms with Crippen molar-refractivity contribution in [2.24, 2.45) is 0 Å². The van der Waals surface area contributed by atoms with Crippen molar-refractivity contribution in [3.05, 3.63) is 23.3 Å². The molecule has 0 atom stereocenters. The van der Waals surface area contributed by atoms with Gasteiger partial charge in [-0.3, -0.25) is 0 Å². The van der Waals surface area contributed by atoms with Crippen LogP contribution in [0, 0.1) is 13.8 Å². The third-order valence-electron chi connectivity index (χ3n) is 3.92. The van der Waals surface area contributed by atoms with Gasteiger partial charge in [0.2, 0.25) is 0 Å². The molecule has 0 spiro atoms. The fourth-order valence-corrected chi connectivity index (χ4v) is 2.13. The molecule has 0 aliphatic carbocycles.